The van der Waals surface area contributed by atoms with Crippen LogP contribution in [-0.2, 0) is 11.3 Å². The first-order valence-electron chi connectivity index (χ1n) is 9.58. The normalized spacial score (nSPS) is 14.9. The van der Waals surface area contributed by atoms with E-state index >= 15 is 0 Å². The minimum Gasteiger partial charge on any atom is -0.496 e. The van der Waals surface area contributed by atoms with Gasteiger partial charge in [-0.3, -0.25) is 4.79 Å². The van der Waals surface area contributed by atoms with Crippen LogP contribution in [0.4, 0.5) is 5.69 Å². The Morgan fingerprint density at radius 3 is 2.48 bits per heavy atom. The number of para-hydroxylation sites is 2. The van der Waals surface area contributed by atoms with Gasteiger partial charge in [0.05, 0.1) is 33.3 Å². The van der Waals surface area contributed by atoms with Gasteiger partial charge in [-0.25, -0.2) is 0 Å². The molecule has 0 radical (unpaired) electrons. The van der Waals surface area contributed by atoms with E-state index in [4.69, 9.17) is 4.74 Å². The fourth-order valence-electron chi connectivity index (χ4n) is 3.68. The molecule has 0 unspecified atom stereocenters. The Bertz CT molecular complexity index is 770. The zero-order chi connectivity index (χ0) is 19.2. The summed E-state index contributed by atoms with van der Waals surface area (Å²) in [6.45, 7) is 7.24. The fraction of sp³-hybridized carbons (Fsp3) is 0.409. The Morgan fingerprint density at radius 1 is 1.11 bits per heavy atom. The van der Waals surface area contributed by atoms with Gasteiger partial charge in [-0.15, -0.1) is 0 Å². The zero-order valence-corrected chi connectivity index (χ0v) is 16.6. The van der Waals surface area contributed by atoms with Gasteiger partial charge < -0.3 is 19.4 Å². The summed E-state index contributed by atoms with van der Waals surface area (Å²) in [5.74, 6) is 1.01. The Morgan fingerprint density at radius 2 is 1.78 bits per heavy atom. The lowest BCUT2D eigenvalue weighted by Crippen LogP contribution is -3.15. The van der Waals surface area contributed by atoms with E-state index < -0.39 is 0 Å². The molecule has 1 aliphatic rings. The molecule has 5 nitrogen and oxygen atoms in total. The van der Waals surface area contributed by atoms with Crippen LogP contribution in [-0.4, -0.2) is 57.7 Å². The van der Waals surface area contributed by atoms with Crippen LogP contribution in [0.1, 0.15) is 11.1 Å². The number of quaternary nitrogens is 1. The smallest absolute Gasteiger partial charge is 0.277 e. The van der Waals surface area contributed by atoms with Crippen molar-refractivity contribution >= 4 is 11.6 Å². The van der Waals surface area contributed by atoms with E-state index in [1.165, 1.54) is 16.2 Å². The number of carbonyl (C=O) groups is 1. The highest BCUT2D eigenvalue weighted by molar-refractivity contribution is 5.76. The number of nitrogens with one attached hydrogen (secondary N) is 1. The van der Waals surface area contributed by atoms with E-state index in [1.54, 1.807) is 12.0 Å². The van der Waals surface area contributed by atoms with Crippen LogP contribution in [0.2, 0.25) is 0 Å². The highest BCUT2D eigenvalue weighted by Crippen LogP contribution is 2.19. The molecule has 0 atom stereocenters. The van der Waals surface area contributed by atoms with Gasteiger partial charge in [-0.2, -0.15) is 0 Å². The molecule has 0 aliphatic carbocycles. The third kappa shape index (κ3) is 4.80. The Balaban J connectivity index is 1.51. The number of hydrogen-bond acceptors (Lipinski definition) is 3. The number of benzene rings is 2. The van der Waals surface area contributed by atoms with Crippen molar-refractivity contribution in [2.24, 2.45) is 0 Å². The number of likely N-dealkylation sites (N-methyl/N-ethyl adjacent to an activating group) is 1. The maximum atomic E-state index is 12.7. The molecule has 1 aliphatic heterocycles. The number of carbonyl (C=O) groups excluding carboxylic acids is 1. The van der Waals surface area contributed by atoms with Gasteiger partial charge in [-0.05, 0) is 24.6 Å². The molecule has 0 spiro atoms. The molecule has 2 aromatic rings. The van der Waals surface area contributed by atoms with Crippen LogP contribution in [0.3, 0.4) is 0 Å². The Hall–Kier alpha value is -2.53. The average molecular weight is 369 g/mol. The van der Waals surface area contributed by atoms with Crippen molar-refractivity contribution in [1.29, 1.82) is 0 Å². The van der Waals surface area contributed by atoms with Gasteiger partial charge in [0.25, 0.3) is 5.91 Å². The molecule has 1 N–H and O–H groups in total. The van der Waals surface area contributed by atoms with Gasteiger partial charge in [0, 0.05) is 24.8 Å². The second-order valence-corrected chi connectivity index (χ2v) is 7.26. The van der Waals surface area contributed by atoms with Crippen molar-refractivity contribution in [1.82, 2.24) is 4.90 Å². The number of ether oxygens (including phenoxy) is 1. The largest absolute Gasteiger partial charge is 0.496 e. The van der Waals surface area contributed by atoms with Crippen molar-refractivity contribution in [3.8, 4) is 5.75 Å². The van der Waals surface area contributed by atoms with Crippen LogP contribution in [0.15, 0.2) is 48.5 Å². The monoisotopic (exact) mass is 368 g/mol. The molecule has 2 aromatic carbocycles. The number of hydrogen-bond donors (Lipinski definition) is 1. The van der Waals surface area contributed by atoms with Crippen molar-refractivity contribution in [3.63, 3.8) is 0 Å². The van der Waals surface area contributed by atoms with Crippen LogP contribution < -0.4 is 14.5 Å². The van der Waals surface area contributed by atoms with Gasteiger partial charge in [-0.1, -0.05) is 36.4 Å². The first kappa shape index (κ1) is 19.2. The van der Waals surface area contributed by atoms with E-state index in [1.807, 2.05) is 31.3 Å². The summed E-state index contributed by atoms with van der Waals surface area (Å²) >= 11 is 0. The molecule has 3 rings (SSSR count). The summed E-state index contributed by atoms with van der Waals surface area (Å²) in [6, 6.07) is 16.4. The highest BCUT2D eigenvalue weighted by atomic mass is 16.5. The number of nitrogens with zero attached hydrogens (tertiary/aromatic N) is 2. The summed E-state index contributed by atoms with van der Waals surface area (Å²) in [4.78, 5) is 18.3. The maximum absolute atomic E-state index is 12.7. The van der Waals surface area contributed by atoms with E-state index in [2.05, 4.69) is 36.1 Å². The molecule has 1 heterocycles. The van der Waals surface area contributed by atoms with Gasteiger partial charge in [0.2, 0.25) is 0 Å². The Kier molecular flexibility index (Phi) is 6.35. The summed E-state index contributed by atoms with van der Waals surface area (Å²) in [6.07, 6.45) is 0. The minimum absolute atomic E-state index is 0.181. The predicted octanol–water partition coefficient (Wildman–Crippen LogP) is 1.37. The molecule has 27 heavy (non-hydrogen) atoms. The molecular formula is C22H30N3O2+. The molecule has 5 heteroatoms. The third-order valence-electron chi connectivity index (χ3n) is 5.35. The topological polar surface area (TPSA) is 37.2 Å². The van der Waals surface area contributed by atoms with Crippen LogP contribution in [0, 0.1) is 6.92 Å². The second kappa shape index (κ2) is 8.91. The van der Waals surface area contributed by atoms with Crippen molar-refractivity contribution < 1.29 is 14.4 Å². The molecule has 1 amide bonds. The third-order valence-corrected chi connectivity index (χ3v) is 5.35. The molecule has 1 saturated heterocycles. The Labute approximate surface area is 162 Å². The van der Waals surface area contributed by atoms with Crippen molar-refractivity contribution in [2.45, 2.75) is 13.5 Å². The first-order valence-corrected chi connectivity index (χ1v) is 9.58. The van der Waals surface area contributed by atoms with E-state index in [0.717, 1.165) is 37.5 Å². The molecule has 0 bridgehead atoms. The van der Waals surface area contributed by atoms with E-state index in [9.17, 15) is 4.79 Å². The number of anilines is 1. The molecule has 0 saturated carbocycles. The quantitative estimate of drug-likeness (QED) is 0.837. The predicted molar refractivity (Wildman–Crippen MR) is 108 cm³/mol. The summed E-state index contributed by atoms with van der Waals surface area (Å²) < 4.78 is 5.39. The van der Waals surface area contributed by atoms with Gasteiger partial charge in [0.1, 0.15) is 5.75 Å². The average Bonchev–Trinajstić information content (AvgIpc) is 2.69. The minimum atomic E-state index is 0.181. The van der Waals surface area contributed by atoms with Gasteiger partial charge >= 0.3 is 0 Å². The number of piperazine rings is 1. The van der Waals surface area contributed by atoms with Crippen LogP contribution in [0.5, 0.6) is 5.75 Å². The summed E-state index contributed by atoms with van der Waals surface area (Å²) in [5.41, 5.74) is 3.67. The first-order chi connectivity index (χ1) is 13.1. The summed E-state index contributed by atoms with van der Waals surface area (Å²) in [7, 11) is 3.54. The maximum Gasteiger partial charge on any atom is 0.277 e. The lowest BCUT2D eigenvalue weighted by molar-refractivity contribution is -0.892. The summed E-state index contributed by atoms with van der Waals surface area (Å²) in [5, 5.41) is 0. The molecule has 0 aromatic heterocycles. The molecule has 144 valence electrons. The van der Waals surface area contributed by atoms with Gasteiger partial charge in [0.15, 0.2) is 6.54 Å². The van der Waals surface area contributed by atoms with Crippen molar-refractivity contribution in [2.75, 3.05) is 51.8 Å². The highest BCUT2D eigenvalue weighted by Gasteiger charge is 2.24. The molecule has 1 fully saturated rings. The fourth-order valence-corrected chi connectivity index (χ4v) is 3.68. The van der Waals surface area contributed by atoms with E-state index in [0.29, 0.717) is 13.1 Å². The van der Waals surface area contributed by atoms with Crippen molar-refractivity contribution in [3.05, 3.63) is 59.7 Å². The molecular weight excluding hydrogens is 338 g/mol. The number of aryl methyl sites for hydroxylation is 1. The van der Waals surface area contributed by atoms with Crippen LogP contribution >= 0.6 is 0 Å². The number of rotatable bonds is 6. The van der Waals surface area contributed by atoms with E-state index in [-0.39, 0.29) is 5.91 Å². The lowest BCUT2D eigenvalue weighted by atomic mass is 10.1. The second-order valence-electron chi connectivity index (χ2n) is 7.26. The number of methoxy groups -OCH3 is 1. The number of amides is 1. The van der Waals surface area contributed by atoms with Crippen LogP contribution in [0.25, 0.3) is 0 Å². The SMILES string of the molecule is COc1ccccc1CN(C)C(=O)C[NH+]1CCN(c2ccccc2C)CC1. The standard InChI is InChI=1S/C22H29N3O2/c1-18-8-4-6-10-20(18)25-14-12-24(13-15-25)17-22(26)23(2)16-19-9-5-7-11-21(19)27-3/h4-11H,12-17H2,1-3H3/p+1. The lowest BCUT2D eigenvalue weighted by Gasteiger charge is -2.34. The zero-order valence-electron chi connectivity index (χ0n) is 16.6.